The maximum absolute atomic E-state index is 4.20. The molecule has 0 radical (unpaired) electrons. The topological polar surface area (TPSA) is 12.4 Å². The lowest BCUT2D eigenvalue weighted by Crippen LogP contribution is -1.70. The van der Waals surface area contributed by atoms with E-state index in [4.69, 9.17) is 0 Å². The van der Waals surface area contributed by atoms with E-state index in [2.05, 4.69) is 36.2 Å². The molecule has 0 aromatic carbocycles. The first-order valence-electron chi connectivity index (χ1n) is 4.31. The Labute approximate surface area is 82.1 Å². The van der Waals surface area contributed by atoms with Gasteiger partial charge in [-0.05, 0) is 19.1 Å². The fourth-order valence-electron chi connectivity index (χ4n) is 1.23. The Hall–Kier alpha value is -1.15. The molecule has 1 aromatic rings. The average Bonchev–Trinajstić information content (AvgIpc) is 2.43. The van der Waals surface area contributed by atoms with Gasteiger partial charge in [0.2, 0.25) is 0 Å². The quantitative estimate of drug-likeness (QED) is 0.642. The van der Waals surface area contributed by atoms with E-state index in [9.17, 15) is 0 Å². The molecular weight excluding hydrogens is 178 g/mol. The fourth-order valence-corrected chi connectivity index (χ4v) is 2.09. The van der Waals surface area contributed by atoms with Gasteiger partial charge in [-0.3, -0.25) is 4.99 Å². The highest BCUT2D eigenvalue weighted by Crippen LogP contribution is 2.25. The Morgan fingerprint density at radius 1 is 1.38 bits per heavy atom. The van der Waals surface area contributed by atoms with Gasteiger partial charge >= 0.3 is 0 Å². The number of nitrogens with zero attached hydrogens (tertiary/aromatic N) is 1. The summed E-state index contributed by atoms with van der Waals surface area (Å²) >= 11 is 1.81. The summed E-state index contributed by atoms with van der Waals surface area (Å²) in [6.45, 7) is 2.12. The molecule has 0 amide bonds. The van der Waals surface area contributed by atoms with Gasteiger partial charge in [0.15, 0.2) is 0 Å². The molecule has 1 aromatic heterocycles. The molecule has 1 nitrogen and oxygen atoms in total. The van der Waals surface area contributed by atoms with E-state index in [-0.39, 0.29) is 0 Å². The highest BCUT2D eigenvalue weighted by atomic mass is 32.1. The highest BCUT2D eigenvalue weighted by Gasteiger charge is 2.01. The van der Waals surface area contributed by atoms with Crippen LogP contribution in [0.4, 0.5) is 0 Å². The first kappa shape index (κ1) is 8.45. The van der Waals surface area contributed by atoms with Crippen molar-refractivity contribution in [3.05, 3.63) is 40.2 Å². The minimum Gasteiger partial charge on any atom is -0.268 e. The molecule has 2 rings (SSSR count). The molecule has 0 fully saturated rings. The molecule has 2 heterocycles. The molecule has 0 unspecified atom stereocenters. The van der Waals surface area contributed by atoms with Crippen LogP contribution in [0.2, 0.25) is 0 Å². The summed E-state index contributed by atoms with van der Waals surface area (Å²) in [7, 11) is 0. The van der Waals surface area contributed by atoms with Crippen molar-refractivity contribution in [1.82, 2.24) is 0 Å². The van der Waals surface area contributed by atoms with Crippen molar-refractivity contribution in [3.8, 4) is 0 Å². The lowest BCUT2D eigenvalue weighted by atomic mass is 10.2. The van der Waals surface area contributed by atoms with E-state index in [0.717, 1.165) is 6.42 Å². The van der Waals surface area contributed by atoms with Gasteiger partial charge < -0.3 is 0 Å². The van der Waals surface area contributed by atoms with Crippen molar-refractivity contribution in [2.24, 2.45) is 4.99 Å². The minimum atomic E-state index is 0.935. The number of aliphatic imine (C=N–C) groups is 1. The van der Waals surface area contributed by atoms with Gasteiger partial charge in [0.1, 0.15) is 0 Å². The molecule has 1 aliphatic heterocycles. The van der Waals surface area contributed by atoms with Crippen LogP contribution in [-0.4, -0.2) is 6.21 Å². The Morgan fingerprint density at radius 3 is 3.08 bits per heavy atom. The normalized spacial score (nSPS) is 15.6. The van der Waals surface area contributed by atoms with Crippen LogP contribution >= 0.6 is 11.3 Å². The van der Waals surface area contributed by atoms with Gasteiger partial charge in [0.25, 0.3) is 0 Å². The zero-order valence-electron chi connectivity index (χ0n) is 7.53. The second-order valence-corrected chi connectivity index (χ2v) is 4.25. The van der Waals surface area contributed by atoms with E-state index in [1.165, 1.54) is 15.3 Å². The van der Waals surface area contributed by atoms with E-state index >= 15 is 0 Å². The monoisotopic (exact) mass is 189 g/mol. The predicted molar refractivity (Wildman–Crippen MR) is 59.3 cm³/mol. The van der Waals surface area contributed by atoms with Crippen LogP contribution in [0.5, 0.6) is 0 Å². The Morgan fingerprint density at radius 2 is 2.31 bits per heavy atom. The van der Waals surface area contributed by atoms with Crippen molar-refractivity contribution < 1.29 is 0 Å². The third kappa shape index (κ3) is 1.95. The molecule has 13 heavy (non-hydrogen) atoms. The zero-order chi connectivity index (χ0) is 9.10. The fraction of sp³-hybridized carbons (Fsp3) is 0.182. The third-order valence-corrected chi connectivity index (χ3v) is 2.93. The third-order valence-electron chi connectivity index (χ3n) is 1.88. The summed E-state index contributed by atoms with van der Waals surface area (Å²) < 4.78 is 0. The summed E-state index contributed by atoms with van der Waals surface area (Å²) in [4.78, 5) is 6.84. The van der Waals surface area contributed by atoms with Crippen LogP contribution in [-0.2, 0) is 0 Å². The van der Waals surface area contributed by atoms with E-state index in [1.807, 2.05) is 23.8 Å². The molecule has 0 bridgehead atoms. The van der Waals surface area contributed by atoms with Crippen LogP contribution in [0.1, 0.15) is 16.2 Å². The number of hydrogen-bond donors (Lipinski definition) is 0. The number of aryl methyl sites for hydroxylation is 1. The molecule has 0 atom stereocenters. The maximum atomic E-state index is 4.20. The van der Waals surface area contributed by atoms with Crippen molar-refractivity contribution in [1.29, 1.82) is 0 Å². The van der Waals surface area contributed by atoms with Gasteiger partial charge in [-0.15, -0.1) is 11.3 Å². The van der Waals surface area contributed by atoms with Crippen LogP contribution in [0.15, 0.2) is 35.5 Å². The Bertz CT molecular complexity index is 383. The van der Waals surface area contributed by atoms with Crippen LogP contribution in [0.25, 0.3) is 5.57 Å². The van der Waals surface area contributed by atoms with Gasteiger partial charge in [0, 0.05) is 34.2 Å². The van der Waals surface area contributed by atoms with Gasteiger partial charge in [-0.2, -0.15) is 0 Å². The lowest BCUT2D eigenvalue weighted by molar-refractivity contribution is 1.50. The summed E-state index contributed by atoms with van der Waals surface area (Å²) in [6.07, 6.45) is 9.05. The van der Waals surface area contributed by atoms with Crippen molar-refractivity contribution >= 4 is 23.1 Å². The Balaban J connectivity index is 2.35. The first-order valence-corrected chi connectivity index (χ1v) is 5.13. The molecule has 0 saturated carbocycles. The van der Waals surface area contributed by atoms with E-state index in [1.54, 1.807) is 0 Å². The molecule has 1 aliphatic rings. The van der Waals surface area contributed by atoms with Crippen LogP contribution in [0, 0.1) is 6.92 Å². The smallest absolute Gasteiger partial charge is 0.0360 e. The number of thiophene rings is 1. The standard InChI is InChI=1S/C11H11NS/c1-9-5-6-11(13-9)10-4-2-3-7-12-8-10/h2,4-8H,3H2,1H3. The number of hydrogen-bond acceptors (Lipinski definition) is 2. The Kier molecular flexibility index (Phi) is 2.41. The van der Waals surface area contributed by atoms with Gasteiger partial charge in [-0.1, -0.05) is 12.2 Å². The SMILES string of the molecule is Cc1ccc(C2=CN=CCC=C2)s1. The molecule has 0 aliphatic carbocycles. The molecule has 0 saturated heterocycles. The second kappa shape index (κ2) is 3.71. The summed E-state index contributed by atoms with van der Waals surface area (Å²) in [5.74, 6) is 0. The largest absolute Gasteiger partial charge is 0.268 e. The molecule has 0 spiro atoms. The zero-order valence-corrected chi connectivity index (χ0v) is 8.34. The number of rotatable bonds is 1. The minimum absolute atomic E-state index is 0.935. The highest BCUT2D eigenvalue weighted by molar-refractivity contribution is 7.13. The number of allylic oxidation sites excluding steroid dienone is 3. The van der Waals surface area contributed by atoms with Gasteiger partial charge in [-0.25, -0.2) is 0 Å². The lowest BCUT2D eigenvalue weighted by Gasteiger charge is -1.93. The molecule has 2 heteroatoms. The summed E-state index contributed by atoms with van der Waals surface area (Å²) in [6, 6.07) is 4.29. The average molecular weight is 189 g/mol. The van der Waals surface area contributed by atoms with Crippen molar-refractivity contribution in [3.63, 3.8) is 0 Å². The molecular formula is C11H11NS. The predicted octanol–water partition coefficient (Wildman–Crippen LogP) is 3.43. The van der Waals surface area contributed by atoms with E-state index < -0.39 is 0 Å². The summed E-state index contributed by atoms with van der Waals surface area (Å²) in [5, 5.41) is 0. The van der Waals surface area contributed by atoms with Crippen LogP contribution in [0.3, 0.4) is 0 Å². The van der Waals surface area contributed by atoms with Crippen LogP contribution < -0.4 is 0 Å². The van der Waals surface area contributed by atoms with Gasteiger partial charge in [0.05, 0.1) is 0 Å². The van der Waals surface area contributed by atoms with Crippen molar-refractivity contribution in [2.75, 3.05) is 0 Å². The van der Waals surface area contributed by atoms with E-state index in [0.29, 0.717) is 0 Å². The van der Waals surface area contributed by atoms with Crippen molar-refractivity contribution in [2.45, 2.75) is 13.3 Å². The first-order chi connectivity index (χ1) is 6.36. The maximum Gasteiger partial charge on any atom is 0.0360 e. The molecule has 66 valence electrons. The molecule has 0 N–H and O–H groups in total. The second-order valence-electron chi connectivity index (χ2n) is 2.96. The summed E-state index contributed by atoms with van der Waals surface area (Å²) in [5.41, 5.74) is 1.21.